The molecule has 0 aliphatic rings. The quantitative estimate of drug-likeness (QED) is 0.579. The zero-order chi connectivity index (χ0) is 22.0. The summed E-state index contributed by atoms with van der Waals surface area (Å²) in [6, 6.07) is 4.01. The summed E-state index contributed by atoms with van der Waals surface area (Å²) < 4.78 is 12.3. The molecule has 0 aliphatic carbocycles. The van der Waals surface area contributed by atoms with Crippen LogP contribution in [-0.2, 0) is 11.3 Å². The average Bonchev–Trinajstić information content (AvgIpc) is 3.04. The molecule has 2 heterocycles. The summed E-state index contributed by atoms with van der Waals surface area (Å²) in [5.74, 6) is 0.295. The van der Waals surface area contributed by atoms with Gasteiger partial charge in [-0.05, 0) is 56.9 Å². The number of aryl methyl sites for hydroxylation is 3. The van der Waals surface area contributed by atoms with Crippen LogP contribution in [-0.4, -0.2) is 39.9 Å². The van der Waals surface area contributed by atoms with Gasteiger partial charge in [0.15, 0.2) is 0 Å². The van der Waals surface area contributed by atoms with Crippen LogP contribution in [0, 0.1) is 27.7 Å². The minimum atomic E-state index is -0.898. The summed E-state index contributed by atoms with van der Waals surface area (Å²) in [5.41, 5.74) is 3.39. The molecule has 1 aromatic carbocycles. The number of carbonyl (C=O) groups is 1. The number of thiophene rings is 1. The lowest BCUT2D eigenvalue weighted by molar-refractivity contribution is 0.0531. The molecule has 0 amide bonds. The van der Waals surface area contributed by atoms with E-state index in [0.29, 0.717) is 20.7 Å². The number of nitrogens with zero attached hydrogens (tertiary/aromatic N) is 2. The fraction of sp³-hybridized carbons (Fsp3) is 0.409. The molecule has 0 saturated heterocycles. The van der Waals surface area contributed by atoms with Crippen molar-refractivity contribution in [2.45, 2.75) is 47.3 Å². The Kier molecular flexibility index (Phi) is 6.58. The van der Waals surface area contributed by atoms with Crippen molar-refractivity contribution in [3.8, 4) is 5.75 Å². The molecule has 0 radical (unpaired) electrons. The standard InChI is InChI=1S/C22H26N2O5S/c1-6-28-22(27)19-15(5)17-20(30-19)23-11-24(21(17)26)9-16(25)10-29-18-13(3)8-7-12(2)14(18)4/h7-8,11,16,25H,6,9-10H2,1-5H3/t16-/m1/s1. The Labute approximate surface area is 178 Å². The number of carbonyl (C=O) groups excluding carboxylic acids is 1. The summed E-state index contributed by atoms with van der Waals surface area (Å²) in [4.78, 5) is 30.2. The second-order valence-corrected chi connectivity index (χ2v) is 8.28. The predicted octanol–water partition coefficient (Wildman–Crippen LogP) is 3.31. The lowest BCUT2D eigenvalue weighted by Gasteiger charge is -2.17. The molecule has 0 bridgehead atoms. The van der Waals surface area contributed by atoms with Gasteiger partial charge in [0.05, 0.1) is 24.9 Å². The van der Waals surface area contributed by atoms with Crippen LogP contribution in [0.3, 0.4) is 0 Å². The van der Waals surface area contributed by atoms with E-state index in [4.69, 9.17) is 9.47 Å². The number of esters is 1. The number of aliphatic hydroxyl groups is 1. The fourth-order valence-electron chi connectivity index (χ4n) is 3.29. The number of aliphatic hydroxyl groups excluding tert-OH is 1. The van der Waals surface area contributed by atoms with E-state index in [1.807, 2.05) is 32.9 Å². The van der Waals surface area contributed by atoms with Crippen LogP contribution in [0.2, 0.25) is 0 Å². The van der Waals surface area contributed by atoms with Crippen molar-refractivity contribution < 1.29 is 19.4 Å². The molecular formula is C22H26N2O5S. The molecular weight excluding hydrogens is 404 g/mol. The molecule has 30 heavy (non-hydrogen) atoms. The van der Waals surface area contributed by atoms with Gasteiger partial charge in [-0.25, -0.2) is 9.78 Å². The van der Waals surface area contributed by atoms with Crippen molar-refractivity contribution in [2.24, 2.45) is 0 Å². The number of hydrogen-bond donors (Lipinski definition) is 1. The number of fused-ring (bicyclic) bond motifs is 1. The second kappa shape index (κ2) is 8.97. The molecule has 2 aromatic heterocycles. The van der Waals surface area contributed by atoms with Crippen LogP contribution in [0.4, 0.5) is 0 Å². The molecule has 0 saturated carbocycles. The van der Waals surface area contributed by atoms with Crippen LogP contribution in [0.1, 0.15) is 38.8 Å². The van der Waals surface area contributed by atoms with Gasteiger partial charge in [0.2, 0.25) is 0 Å². The van der Waals surface area contributed by atoms with E-state index in [1.54, 1.807) is 13.8 Å². The first-order valence-corrected chi connectivity index (χ1v) is 10.6. The number of hydrogen-bond acceptors (Lipinski definition) is 7. The first kappa shape index (κ1) is 22.0. The van der Waals surface area contributed by atoms with Crippen molar-refractivity contribution in [3.05, 3.63) is 55.9 Å². The van der Waals surface area contributed by atoms with Crippen LogP contribution in [0.5, 0.6) is 5.75 Å². The predicted molar refractivity (Wildman–Crippen MR) is 117 cm³/mol. The van der Waals surface area contributed by atoms with Crippen molar-refractivity contribution in [3.63, 3.8) is 0 Å². The summed E-state index contributed by atoms with van der Waals surface area (Å²) in [6.45, 7) is 9.73. The number of aromatic nitrogens is 2. The third-order valence-corrected chi connectivity index (χ3v) is 6.26. The van der Waals surface area contributed by atoms with E-state index in [2.05, 4.69) is 4.98 Å². The van der Waals surface area contributed by atoms with Crippen LogP contribution >= 0.6 is 11.3 Å². The van der Waals surface area contributed by atoms with E-state index in [-0.39, 0.29) is 25.3 Å². The first-order chi connectivity index (χ1) is 14.2. The van der Waals surface area contributed by atoms with E-state index in [0.717, 1.165) is 33.8 Å². The van der Waals surface area contributed by atoms with Gasteiger partial charge in [-0.15, -0.1) is 11.3 Å². The molecule has 0 aliphatic heterocycles. The van der Waals surface area contributed by atoms with Crippen molar-refractivity contribution in [2.75, 3.05) is 13.2 Å². The lowest BCUT2D eigenvalue weighted by atomic mass is 10.1. The second-order valence-electron chi connectivity index (χ2n) is 7.28. The van der Waals surface area contributed by atoms with Gasteiger partial charge >= 0.3 is 5.97 Å². The van der Waals surface area contributed by atoms with Gasteiger partial charge in [0.25, 0.3) is 5.56 Å². The van der Waals surface area contributed by atoms with E-state index < -0.39 is 12.1 Å². The van der Waals surface area contributed by atoms with Gasteiger partial charge in [-0.2, -0.15) is 0 Å². The van der Waals surface area contributed by atoms with E-state index in [9.17, 15) is 14.7 Å². The van der Waals surface area contributed by atoms with Gasteiger partial charge in [0.1, 0.15) is 28.2 Å². The Balaban J connectivity index is 1.80. The Bertz CT molecular complexity index is 1150. The molecule has 0 spiro atoms. The molecule has 8 heteroatoms. The Morgan fingerprint density at radius 3 is 2.60 bits per heavy atom. The van der Waals surface area contributed by atoms with Crippen LogP contribution in [0.15, 0.2) is 23.3 Å². The molecule has 1 atom stereocenters. The number of benzene rings is 1. The van der Waals surface area contributed by atoms with E-state index >= 15 is 0 Å². The van der Waals surface area contributed by atoms with Gasteiger partial charge in [-0.3, -0.25) is 9.36 Å². The van der Waals surface area contributed by atoms with Crippen LogP contribution in [0.25, 0.3) is 10.2 Å². The SMILES string of the molecule is CCOC(=O)c1sc2ncn(C[C@@H](O)COc3c(C)ccc(C)c3C)c(=O)c2c1C. The number of rotatable bonds is 7. The highest BCUT2D eigenvalue weighted by atomic mass is 32.1. The fourth-order valence-corrected chi connectivity index (χ4v) is 4.32. The monoisotopic (exact) mass is 430 g/mol. The highest BCUT2D eigenvalue weighted by molar-refractivity contribution is 7.20. The molecule has 160 valence electrons. The highest BCUT2D eigenvalue weighted by Crippen LogP contribution is 2.28. The molecule has 1 N–H and O–H groups in total. The highest BCUT2D eigenvalue weighted by Gasteiger charge is 2.21. The average molecular weight is 431 g/mol. The maximum atomic E-state index is 12.9. The third-order valence-electron chi connectivity index (χ3n) is 5.08. The van der Waals surface area contributed by atoms with Crippen molar-refractivity contribution in [1.82, 2.24) is 9.55 Å². The zero-order valence-electron chi connectivity index (χ0n) is 17.8. The third kappa shape index (κ3) is 4.24. The molecule has 0 fully saturated rings. The summed E-state index contributed by atoms with van der Waals surface area (Å²) in [5, 5.41) is 10.8. The Morgan fingerprint density at radius 1 is 1.20 bits per heavy atom. The van der Waals surface area contributed by atoms with Gasteiger partial charge < -0.3 is 14.6 Å². The molecule has 3 rings (SSSR count). The normalized spacial score (nSPS) is 12.2. The largest absolute Gasteiger partial charge is 0.490 e. The summed E-state index contributed by atoms with van der Waals surface area (Å²) in [7, 11) is 0. The molecule has 0 unspecified atom stereocenters. The van der Waals surface area contributed by atoms with E-state index in [1.165, 1.54) is 10.9 Å². The maximum absolute atomic E-state index is 12.9. The minimum Gasteiger partial charge on any atom is -0.490 e. The summed E-state index contributed by atoms with van der Waals surface area (Å²) >= 11 is 1.14. The minimum absolute atomic E-state index is 0.0374. The molecule has 7 nitrogen and oxygen atoms in total. The topological polar surface area (TPSA) is 90.7 Å². The maximum Gasteiger partial charge on any atom is 0.348 e. The molecule has 3 aromatic rings. The first-order valence-electron chi connectivity index (χ1n) is 9.77. The van der Waals surface area contributed by atoms with Crippen molar-refractivity contribution >= 4 is 27.5 Å². The summed E-state index contributed by atoms with van der Waals surface area (Å²) in [6.07, 6.45) is 0.492. The zero-order valence-corrected chi connectivity index (χ0v) is 18.6. The Morgan fingerprint density at radius 2 is 1.90 bits per heavy atom. The van der Waals surface area contributed by atoms with Gasteiger partial charge in [0, 0.05) is 0 Å². The van der Waals surface area contributed by atoms with Crippen LogP contribution < -0.4 is 10.3 Å². The smallest absolute Gasteiger partial charge is 0.348 e. The number of ether oxygens (including phenoxy) is 2. The Hall–Kier alpha value is -2.71. The lowest BCUT2D eigenvalue weighted by Crippen LogP contribution is -2.30. The van der Waals surface area contributed by atoms with Gasteiger partial charge in [-0.1, -0.05) is 12.1 Å². The van der Waals surface area contributed by atoms with Crippen molar-refractivity contribution in [1.29, 1.82) is 0 Å².